The highest BCUT2D eigenvalue weighted by atomic mass is 35.5. The Labute approximate surface area is 110 Å². The third-order valence-corrected chi connectivity index (χ3v) is 2.50. The molecule has 1 N–H and O–H groups in total. The summed E-state index contributed by atoms with van der Waals surface area (Å²) in [6.07, 6.45) is 1.69. The second-order valence-corrected chi connectivity index (χ2v) is 4.03. The molecule has 94 valence electrons. The molecule has 18 heavy (non-hydrogen) atoms. The molecule has 0 bridgehead atoms. The first-order valence-corrected chi connectivity index (χ1v) is 5.80. The quantitative estimate of drug-likeness (QED) is 0.860. The summed E-state index contributed by atoms with van der Waals surface area (Å²) in [6, 6.07) is 5.63. The highest BCUT2D eigenvalue weighted by Gasteiger charge is 2.04. The minimum atomic E-state index is 0.232. The van der Waals surface area contributed by atoms with Crippen LogP contribution >= 0.6 is 11.6 Å². The van der Waals surface area contributed by atoms with Crippen molar-refractivity contribution in [1.82, 2.24) is 15.0 Å². The number of hydrogen-bond donors (Lipinski definition) is 1. The average molecular weight is 265 g/mol. The standard InChI is InChI=1S/C12H13ClN4O/c1-8-6-10(17-12(13)16-8)15-7-9-4-3-5-14-11(9)18-2/h3-6H,7H2,1-2H3,(H,15,16,17). The molecule has 0 radical (unpaired) electrons. The second-order valence-electron chi connectivity index (χ2n) is 3.69. The van der Waals surface area contributed by atoms with Crippen LogP contribution in [0.4, 0.5) is 5.82 Å². The van der Waals surface area contributed by atoms with E-state index in [0.717, 1.165) is 11.3 Å². The van der Waals surface area contributed by atoms with Gasteiger partial charge in [0.25, 0.3) is 0 Å². The minimum absolute atomic E-state index is 0.232. The van der Waals surface area contributed by atoms with Gasteiger partial charge in [-0.15, -0.1) is 0 Å². The van der Waals surface area contributed by atoms with Crippen molar-refractivity contribution in [2.24, 2.45) is 0 Å². The van der Waals surface area contributed by atoms with Crippen LogP contribution < -0.4 is 10.1 Å². The summed E-state index contributed by atoms with van der Waals surface area (Å²) in [6.45, 7) is 2.42. The van der Waals surface area contributed by atoms with Crippen molar-refractivity contribution in [1.29, 1.82) is 0 Å². The van der Waals surface area contributed by atoms with Crippen LogP contribution in [0.1, 0.15) is 11.3 Å². The van der Waals surface area contributed by atoms with Crippen LogP contribution in [0.25, 0.3) is 0 Å². The van der Waals surface area contributed by atoms with Gasteiger partial charge in [0.1, 0.15) is 5.82 Å². The van der Waals surface area contributed by atoms with Gasteiger partial charge in [-0.1, -0.05) is 6.07 Å². The number of ether oxygens (including phenoxy) is 1. The zero-order chi connectivity index (χ0) is 13.0. The van der Waals surface area contributed by atoms with Gasteiger partial charge in [-0.05, 0) is 24.6 Å². The summed E-state index contributed by atoms with van der Waals surface area (Å²) in [5, 5.41) is 3.39. The summed E-state index contributed by atoms with van der Waals surface area (Å²) < 4.78 is 5.17. The van der Waals surface area contributed by atoms with Crippen molar-refractivity contribution in [2.75, 3.05) is 12.4 Å². The summed E-state index contributed by atoms with van der Waals surface area (Å²) in [5.41, 5.74) is 1.77. The van der Waals surface area contributed by atoms with Gasteiger partial charge in [0, 0.05) is 30.1 Å². The van der Waals surface area contributed by atoms with E-state index in [4.69, 9.17) is 16.3 Å². The topological polar surface area (TPSA) is 59.9 Å². The van der Waals surface area contributed by atoms with E-state index in [1.54, 1.807) is 13.3 Å². The SMILES string of the molecule is COc1ncccc1CNc1cc(C)nc(Cl)n1. The van der Waals surface area contributed by atoms with Gasteiger partial charge in [-0.25, -0.2) is 15.0 Å². The van der Waals surface area contributed by atoms with E-state index in [1.807, 2.05) is 25.1 Å². The van der Waals surface area contributed by atoms with E-state index >= 15 is 0 Å². The number of nitrogens with zero attached hydrogens (tertiary/aromatic N) is 3. The highest BCUT2D eigenvalue weighted by molar-refractivity contribution is 6.28. The maximum absolute atomic E-state index is 5.79. The van der Waals surface area contributed by atoms with Crippen molar-refractivity contribution >= 4 is 17.4 Å². The molecule has 5 nitrogen and oxygen atoms in total. The smallest absolute Gasteiger partial charge is 0.224 e. The lowest BCUT2D eigenvalue weighted by Crippen LogP contribution is -2.05. The lowest BCUT2D eigenvalue weighted by molar-refractivity contribution is 0.393. The predicted octanol–water partition coefficient (Wildman–Crippen LogP) is 2.45. The van der Waals surface area contributed by atoms with Gasteiger partial charge >= 0.3 is 0 Å². The fourth-order valence-electron chi connectivity index (χ4n) is 1.55. The third-order valence-electron chi connectivity index (χ3n) is 2.33. The van der Waals surface area contributed by atoms with Crippen molar-refractivity contribution in [3.05, 3.63) is 40.9 Å². The molecule has 0 aliphatic heterocycles. The molecule has 0 amide bonds. The summed E-state index contributed by atoms with van der Waals surface area (Å²) >= 11 is 5.79. The number of rotatable bonds is 4. The number of methoxy groups -OCH3 is 1. The van der Waals surface area contributed by atoms with Gasteiger partial charge in [0.2, 0.25) is 11.2 Å². The number of pyridine rings is 1. The maximum atomic E-state index is 5.79. The largest absolute Gasteiger partial charge is 0.481 e. The van der Waals surface area contributed by atoms with Gasteiger partial charge in [-0.2, -0.15) is 0 Å². The van der Waals surface area contributed by atoms with Crippen molar-refractivity contribution < 1.29 is 4.74 Å². The highest BCUT2D eigenvalue weighted by Crippen LogP contribution is 2.16. The Bertz CT molecular complexity index is 527. The van der Waals surface area contributed by atoms with Crippen molar-refractivity contribution in [3.63, 3.8) is 0 Å². The number of halogens is 1. The second kappa shape index (κ2) is 5.64. The van der Waals surface area contributed by atoms with Crippen LogP contribution in [0.15, 0.2) is 24.4 Å². The minimum Gasteiger partial charge on any atom is -0.481 e. The molecule has 0 aliphatic rings. The molecule has 2 rings (SSSR count). The van der Waals surface area contributed by atoms with E-state index in [2.05, 4.69) is 20.3 Å². The molecule has 0 saturated heterocycles. The van der Waals surface area contributed by atoms with Crippen molar-refractivity contribution in [2.45, 2.75) is 13.5 Å². The molecule has 6 heteroatoms. The van der Waals surface area contributed by atoms with Crippen LogP contribution in [0.3, 0.4) is 0 Å². The van der Waals surface area contributed by atoms with E-state index < -0.39 is 0 Å². The number of hydrogen-bond acceptors (Lipinski definition) is 5. The van der Waals surface area contributed by atoms with Crippen LogP contribution in [-0.4, -0.2) is 22.1 Å². The van der Waals surface area contributed by atoms with E-state index in [0.29, 0.717) is 18.2 Å². The first-order valence-electron chi connectivity index (χ1n) is 5.42. The zero-order valence-corrected chi connectivity index (χ0v) is 10.9. The normalized spacial score (nSPS) is 10.2. The van der Waals surface area contributed by atoms with Crippen LogP contribution in [-0.2, 0) is 6.54 Å². The molecular weight excluding hydrogens is 252 g/mol. The first-order chi connectivity index (χ1) is 8.69. The Hall–Kier alpha value is -1.88. The maximum Gasteiger partial charge on any atom is 0.224 e. The first kappa shape index (κ1) is 12.6. The molecule has 2 aromatic rings. The number of aryl methyl sites for hydroxylation is 1. The summed E-state index contributed by atoms with van der Waals surface area (Å²) in [4.78, 5) is 12.2. The molecule has 0 spiro atoms. The van der Waals surface area contributed by atoms with Gasteiger partial charge < -0.3 is 10.1 Å². The van der Waals surface area contributed by atoms with E-state index in [9.17, 15) is 0 Å². The van der Waals surface area contributed by atoms with Crippen LogP contribution in [0, 0.1) is 6.92 Å². The zero-order valence-electron chi connectivity index (χ0n) is 10.1. The molecule has 0 saturated carbocycles. The summed E-state index contributed by atoms with van der Waals surface area (Å²) in [5.74, 6) is 1.28. The van der Waals surface area contributed by atoms with Crippen LogP contribution in [0.5, 0.6) is 5.88 Å². The molecule has 0 unspecified atom stereocenters. The van der Waals surface area contributed by atoms with Crippen LogP contribution in [0.2, 0.25) is 5.28 Å². The Morgan fingerprint density at radius 3 is 2.94 bits per heavy atom. The third kappa shape index (κ3) is 3.07. The molecule has 2 heterocycles. The Morgan fingerprint density at radius 1 is 1.39 bits per heavy atom. The molecule has 0 aliphatic carbocycles. The fourth-order valence-corrected chi connectivity index (χ4v) is 1.78. The summed E-state index contributed by atoms with van der Waals surface area (Å²) in [7, 11) is 1.59. The Kier molecular flexibility index (Phi) is 3.94. The van der Waals surface area contributed by atoms with E-state index in [-0.39, 0.29) is 5.28 Å². The van der Waals surface area contributed by atoms with Gasteiger partial charge in [0.15, 0.2) is 0 Å². The lowest BCUT2D eigenvalue weighted by atomic mass is 10.2. The van der Waals surface area contributed by atoms with Gasteiger partial charge in [0.05, 0.1) is 7.11 Å². The molecular formula is C12H13ClN4O. The van der Waals surface area contributed by atoms with Crippen molar-refractivity contribution in [3.8, 4) is 5.88 Å². The Balaban J connectivity index is 2.11. The fraction of sp³-hybridized carbons (Fsp3) is 0.250. The molecule has 0 atom stereocenters. The monoisotopic (exact) mass is 264 g/mol. The Morgan fingerprint density at radius 2 is 2.22 bits per heavy atom. The lowest BCUT2D eigenvalue weighted by Gasteiger charge is -2.09. The van der Waals surface area contributed by atoms with E-state index in [1.165, 1.54) is 0 Å². The number of nitrogens with one attached hydrogen (secondary N) is 1. The number of aromatic nitrogens is 3. The number of anilines is 1. The molecule has 2 aromatic heterocycles. The molecule has 0 aromatic carbocycles. The van der Waals surface area contributed by atoms with Gasteiger partial charge in [-0.3, -0.25) is 0 Å². The molecule has 0 fully saturated rings. The predicted molar refractivity (Wildman–Crippen MR) is 69.9 cm³/mol. The average Bonchev–Trinajstić information content (AvgIpc) is 2.35.